The molecule has 4 saturated carbocycles. The molecule has 4 aliphatic carbocycles. The summed E-state index contributed by atoms with van der Waals surface area (Å²) in [6, 6.07) is 0.908. The molecule has 102 valence electrons. The predicted octanol–water partition coefficient (Wildman–Crippen LogP) is 3.84. The summed E-state index contributed by atoms with van der Waals surface area (Å²) in [5.41, 5.74) is 0. The van der Waals surface area contributed by atoms with E-state index in [1.165, 1.54) is 38.6 Å². The first-order valence-electron chi connectivity index (χ1n) is 8.54. The van der Waals surface area contributed by atoms with E-state index >= 15 is 0 Å². The second kappa shape index (κ2) is 4.51. The molecule has 4 aliphatic rings. The van der Waals surface area contributed by atoms with E-state index in [-0.39, 0.29) is 0 Å². The summed E-state index contributed by atoms with van der Waals surface area (Å²) in [4.78, 5) is 0. The van der Waals surface area contributed by atoms with Gasteiger partial charge in [0.05, 0.1) is 0 Å². The molecule has 0 saturated heterocycles. The third kappa shape index (κ3) is 1.85. The molecule has 7 unspecified atom stereocenters. The van der Waals surface area contributed by atoms with E-state index in [4.69, 9.17) is 0 Å². The summed E-state index contributed by atoms with van der Waals surface area (Å²) >= 11 is 0. The Kier molecular flexibility index (Phi) is 2.94. The summed E-state index contributed by atoms with van der Waals surface area (Å²) in [5, 5.41) is 3.99. The quantitative estimate of drug-likeness (QED) is 0.799. The molecule has 1 N–H and O–H groups in total. The average Bonchev–Trinajstić information content (AvgIpc) is 3.08. The van der Waals surface area contributed by atoms with Gasteiger partial charge in [-0.05, 0) is 80.6 Å². The van der Waals surface area contributed by atoms with Crippen molar-refractivity contribution in [1.82, 2.24) is 5.32 Å². The molecule has 7 atom stereocenters. The lowest BCUT2D eigenvalue weighted by atomic mass is 9.79. The topological polar surface area (TPSA) is 12.0 Å². The zero-order valence-electron chi connectivity index (χ0n) is 11.9. The monoisotopic (exact) mass is 247 g/mol. The van der Waals surface area contributed by atoms with Gasteiger partial charge in [0.25, 0.3) is 0 Å². The molecule has 18 heavy (non-hydrogen) atoms. The second-order valence-corrected chi connectivity index (χ2v) is 7.95. The van der Waals surface area contributed by atoms with E-state index in [1.807, 2.05) is 0 Å². The summed E-state index contributed by atoms with van der Waals surface area (Å²) in [5.74, 6) is 6.46. The Labute approximate surface area is 112 Å². The van der Waals surface area contributed by atoms with E-state index in [0.717, 1.165) is 41.5 Å². The second-order valence-electron chi connectivity index (χ2n) is 7.95. The third-order valence-corrected chi connectivity index (χ3v) is 6.90. The maximum atomic E-state index is 3.99. The molecule has 0 heterocycles. The first-order valence-corrected chi connectivity index (χ1v) is 8.54. The van der Waals surface area contributed by atoms with Crippen LogP contribution < -0.4 is 5.32 Å². The highest BCUT2D eigenvalue weighted by atomic mass is 14.9. The molecule has 0 aromatic rings. The van der Waals surface area contributed by atoms with Crippen LogP contribution >= 0.6 is 0 Å². The molecule has 0 amide bonds. The van der Waals surface area contributed by atoms with Crippen LogP contribution in [0.3, 0.4) is 0 Å². The fraction of sp³-hybridized carbons (Fsp3) is 1.00. The van der Waals surface area contributed by atoms with Crippen LogP contribution in [0.4, 0.5) is 0 Å². The lowest BCUT2D eigenvalue weighted by Crippen LogP contribution is -2.41. The van der Waals surface area contributed by atoms with Gasteiger partial charge in [-0.25, -0.2) is 0 Å². The zero-order chi connectivity index (χ0) is 12.1. The van der Waals surface area contributed by atoms with Gasteiger partial charge < -0.3 is 5.32 Å². The SMILES string of the molecule is CC1CCC(CNC2CC3CC2C2CCCC32)C1. The van der Waals surface area contributed by atoms with Crippen molar-refractivity contribution in [3.05, 3.63) is 0 Å². The van der Waals surface area contributed by atoms with Crippen molar-refractivity contribution >= 4 is 0 Å². The van der Waals surface area contributed by atoms with Crippen LogP contribution in [0.15, 0.2) is 0 Å². The fourth-order valence-corrected chi connectivity index (χ4v) is 6.13. The summed E-state index contributed by atoms with van der Waals surface area (Å²) < 4.78 is 0. The number of fused-ring (bicyclic) bond motifs is 5. The first-order chi connectivity index (χ1) is 8.81. The van der Waals surface area contributed by atoms with Gasteiger partial charge in [0, 0.05) is 6.04 Å². The van der Waals surface area contributed by atoms with Gasteiger partial charge in [0.2, 0.25) is 0 Å². The predicted molar refractivity (Wildman–Crippen MR) is 75.3 cm³/mol. The van der Waals surface area contributed by atoms with Gasteiger partial charge in [0.1, 0.15) is 0 Å². The van der Waals surface area contributed by atoms with Crippen LogP contribution in [0, 0.1) is 35.5 Å². The minimum Gasteiger partial charge on any atom is -0.313 e. The molecule has 0 spiro atoms. The third-order valence-electron chi connectivity index (χ3n) is 6.90. The number of hydrogen-bond donors (Lipinski definition) is 1. The van der Waals surface area contributed by atoms with Gasteiger partial charge in [-0.2, -0.15) is 0 Å². The number of nitrogens with one attached hydrogen (secondary N) is 1. The van der Waals surface area contributed by atoms with Crippen molar-refractivity contribution in [1.29, 1.82) is 0 Å². The molecule has 4 fully saturated rings. The minimum absolute atomic E-state index is 0.908. The maximum absolute atomic E-state index is 3.99. The highest BCUT2D eigenvalue weighted by Gasteiger charge is 2.53. The van der Waals surface area contributed by atoms with E-state index in [2.05, 4.69) is 12.2 Å². The zero-order valence-corrected chi connectivity index (χ0v) is 11.9. The largest absolute Gasteiger partial charge is 0.313 e. The summed E-state index contributed by atoms with van der Waals surface area (Å²) in [7, 11) is 0. The van der Waals surface area contributed by atoms with Gasteiger partial charge in [-0.3, -0.25) is 0 Å². The Balaban J connectivity index is 1.32. The first kappa shape index (κ1) is 11.8. The highest BCUT2D eigenvalue weighted by molar-refractivity contribution is 5.05. The minimum atomic E-state index is 0.908. The van der Waals surface area contributed by atoms with E-state index in [0.29, 0.717) is 0 Å². The molecule has 0 aromatic carbocycles. The fourth-order valence-electron chi connectivity index (χ4n) is 6.13. The van der Waals surface area contributed by atoms with Crippen LogP contribution in [0.25, 0.3) is 0 Å². The molecule has 1 heteroatoms. The molecule has 1 nitrogen and oxygen atoms in total. The van der Waals surface area contributed by atoms with E-state index < -0.39 is 0 Å². The van der Waals surface area contributed by atoms with Crippen molar-refractivity contribution in [2.24, 2.45) is 35.5 Å². The van der Waals surface area contributed by atoms with Crippen molar-refractivity contribution in [2.45, 2.75) is 64.3 Å². The Morgan fingerprint density at radius 3 is 2.61 bits per heavy atom. The molecule has 2 bridgehead atoms. The smallest absolute Gasteiger partial charge is 0.0101 e. The summed E-state index contributed by atoms with van der Waals surface area (Å²) in [6.45, 7) is 3.76. The van der Waals surface area contributed by atoms with Crippen LogP contribution in [0.2, 0.25) is 0 Å². The molecule has 4 rings (SSSR count). The molecule has 0 aliphatic heterocycles. The van der Waals surface area contributed by atoms with Crippen molar-refractivity contribution in [3.8, 4) is 0 Å². The molecular weight excluding hydrogens is 218 g/mol. The Morgan fingerprint density at radius 2 is 1.78 bits per heavy atom. The van der Waals surface area contributed by atoms with Gasteiger partial charge >= 0.3 is 0 Å². The van der Waals surface area contributed by atoms with Crippen LogP contribution in [-0.4, -0.2) is 12.6 Å². The highest BCUT2D eigenvalue weighted by Crippen LogP contribution is 2.58. The Bertz CT molecular complexity index is 313. The van der Waals surface area contributed by atoms with Gasteiger partial charge in [-0.1, -0.05) is 19.8 Å². The average molecular weight is 247 g/mol. The van der Waals surface area contributed by atoms with Crippen molar-refractivity contribution < 1.29 is 0 Å². The van der Waals surface area contributed by atoms with Crippen LogP contribution in [0.1, 0.15) is 58.3 Å². The Morgan fingerprint density at radius 1 is 0.889 bits per heavy atom. The van der Waals surface area contributed by atoms with Gasteiger partial charge in [0.15, 0.2) is 0 Å². The lowest BCUT2D eigenvalue weighted by Gasteiger charge is -2.33. The molecular formula is C17H29N. The normalized spacial score (nSPS) is 54.2. The lowest BCUT2D eigenvalue weighted by molar-refractivity contribution is 0.203. The molecule has 0 radical (unpaired) electrons. The molecule has 0 aromatic heterocycles. The van der Waals surface area contributed by atoms with E-state index in [1.54, 1.807) is 19.3 Å². The van der Waals surface area contributed by atoms with E-state index in [9.17, 15) is 0 Å². The standard InChI is InChI=1S/C17H29N/c1-11-5-6-12(7-11)10-18-17-9-13-8-16(17)15-4-2-3-14(13)15/h11-18H,2-10H2,1H3. The van der Waals surface area contributed by atoms with Crippen LogP contribution in [0.5, 0.6) is 0 Å². The van der Waals surface area contributed by atoms with Crippen LogP contribution in [-0.2, 0) is 0 Å². The number of hydrogen-bond acceptors (Lipinski definition) is 1. The maximum Gasteiger partial charge on any atom is 0.0101 e. The summed E-state index contributed by atoms with van der Waals surface area (Å²) in [6.07, 6.45) is 12.2. The van der Waals surface area contributed by atoms with Gasteiger partial charge in [-0.15, -0.1) is 0 Å². The van der Waals surface area contributed by atoms with Crippen molar-refractivity contribution in [2.75, 3.05) is 6.54 Å². The number of rotatable bonds is 3. The Hall–Kier alpha value is -0.0400. The van der Waals surface area contributed by atoms with Crippen molar-refractivity contribution in [3.63, 3.8) is 0 Å².